The van der Waals surface area contributed by atoms with E-state index in [0.717, 1.165) is 0 Å². The molecule has 0 radical (unpaired) electrons. The van der Waals surface area contributed by atoms with Crippen LogP contribution in [-0.2, 0) is 0 Å². The molecule has 0 saturated heterocycles. The van der Waals surface area contributed by atoms with Crippen molar-refractivity contribution in [2.75, 3.05) is 0 Å². The second-order valence-corrected chi connectivity index (χ2v) is 3.90. The van der Waals surface area contributed by atoms with Crippen LogP contribution in [0.5, 0.6) is 0 Å². The lowest BCUT2D eigenvalue weighted by Crippen LogP contribution is -1.98. The van der Waals surface area contributed by atoms with Crippen molar-refractivity contribution in [3.8, 4) is 12.1 Å². The van der Waals surface area contributed by atoms with E-state index in [-0.39, 0.29) is 25.9 Å². The van der Waals surface area contributed by atoms with Crippen molar-refractivity contribution in [1.29, 1.82) is 10.5 Å². The van der Waals surface area contributed by atoms with Crippen molar-refractivity contribution < 1.29 is 0 Å². The number of hydrogen-bond donors (Lipinski definition) is 0. The second kappa shape index (κ2) is 4.88. The molecule has 0 saturated carbocycles. The van der Waals surface area contributed by atoms with Gasteiger partial charge in [-0.2, -0.15) is 10.5 Å². The third-order valence-corrected chi connectivity index (χ3v) is 3.08. The summed E-state index contributed by atoms with van der Waals surface area (Å²) in [6.07, 6.45) is 0. The molecule has 0 atom stereocenters. The third kappa shape index (κ3) is 2.27. The highest BCUT2D eigenvalue weighted by Gasteiger charge is 2.22. The Morgan fingerprint density at radius 2 is 1.33 bits per heavy atom. The van der Waals surface area contributed by atoms with Gasteiger partial charge in [-0.15, -0.1) is 0 Å². The Labute approximate surface area is 106 Å². The molecule has 15 heavy (non-hydrogen) atoms. The van der Waals surface area contributed by atoms with Gasteiger partial charge in [-0.25, -0.2) is 4.98 Å². The van der Waals surface area contributed by atoms with Gasteiger partial charge in [0.15, 0.2) is 5.92 Å². The van der Waals surface area contributed by atoms with E-state index in [0.29, 0.717) is 0 Å². The van der Waals surface area contributed by atoms with Crippen molar-refractivity contribution in [3.05, 3.63) is 25.9 Å². The van der Waals surface area contributed by atoms with Crippen molar-refractivity contribution in [3.63, 3.8) is 0 Å². The van der Waals surface area contributed by atoms with E-state index in [9.17, 15) is 0 Å². The van der Waals surface area contributed by atoms with Crippen LogP contribution in [0, 0.1) is 22.7 Å². The van der Waals surface area contributed by atoms with Crippen molar-refractivity contribution >= 4 is 46.4 Å². The fourth-order valence-corrected chi connectivity index (χ4v) is 1.87. The minimum atomic E-state index is -1.12. The Hall–Kier alpha value is -0.710. The molecular formula is C8HCl4N3. The SMILES string of the molecule is N#CC(C#N)c1c(Cl)c(Cl)nc(Cl)c1Cl. The van der Waals surface area contributed by atoms with Crippen LogP contribution in [-0.4, -0.2) is 4.98 Å². The predicted octanol–water partition coefficient (Wildman–Crippen LogP) is 3.83. The van der Waals surface area contributed by atoms with Gasteiger partial charge in [-0.1, -0.05) is 46.4 Å². The van der Waals surface area contributed by atoms with E-state index >= 15 is 0 Å². The summed E-state index contributed by atoms with van der Waals surface area (Å²) in [6.45, 7) is 0. The summed E-state index contributed by atoms with van der Waals surface area (Å²) in [4.78, 5) is 3.63. The molecule has 0 aliphatic rings. The van der Waals surface area contributed by atoms with Gasteiger partial charge in [-0.05, 0) is 0 Å². The summed E-state index contributed by atoms with van der Waals surface area (Å²) in [6, 6.07) is 3.46. The molecule has 0 aromatic carbocycles. The quantitative estimate of drug-likeness (QED) is 0.735. The van der Waals surface area contributed by atoms with E-state index in [4.69, 9.17) is 56.9 Å². The van der Waals surface area contributed by atoms with Gasteiger partial charge in [0.25, 0.3) is 0 Å². The van der Waals surface area contributed by atoms with E-state index in [1.807, 2.05) is 0 Å². The van der Waals surface area contributed by atoms with Crippen LogP contribution < -0.4 is 0 Å². The molecule has 0 N–H and O–H groups in total. The summed E-state index contributed by atoms with van der Waals surface area (Å²) in [7, 11) is 0. The largest absolute Gasteiger partial charge is 0.221 e. The average Bonchev–Trinajstić information content (AvgIpc) is 2.21. The molecule has 7 heteroatoms. The van der Waals surface area contributed by atoms with Crippen LogP contribution in [0.3, 0.4) is 0 Å². The van der Waals surface area contributed by atoms with Crippen LogP contribution in [0.25, 0.3) is 0 Å². The maximum Gasteiger partial charge on any atom is 0.161 e. The minimum absolute atomic E-state index is 0.0285. The van der Waals surface area contributed by atoms with E-state index < -0.39 is 5.92 Å². The molecule has 3 nitrogen and oxygen atoms in total. The number of pyridine rings is 1. The number of rotatable bonds is 1. The van der Waals surface area contributed by atoms with E-state index in [2.05, 4.69) is 4.98 Å². The Morgan fingerprint density at radius 1 is 0.933 bits per heavy atom. The summed E-state index contributed by atoms with van der Waals surface area (Å²) in [5.41, 5.74) is 0.0910. The first kappa shape index (κ1) is 12.4. The maximum atomic E-state index is 8.71. The van der Waals surface area contributed by atoms with Crippen molar-refractivity contribution in [2.45, 2.75) is 5.92 Å². The molecular weight excluding hydrogens is 280 g/mol. The van der Waals surface area contributed by atoms with E-state index in [1.54, 1.807) is 12.1 Å². The van der Waals surface area contributed by atoms with Gasteiger partial charge in [-0.3, -0.25) is 0 Å². The number of aromatic nitrogens is 1. The van der Waals surface area contributed by atoms with Crippen molar-refractivity contribution in [2.24, 2.45) is 0 Å². The standard InChI is InChI=1S/C8HCl4N3/c9-5-4(3(1-13)2-14)6(10)8(12)15-7(5)11/h3H. The van der Waals surface area contributed by atoms with Crippen molar-refractivity contribution in [1.82, 2.24) is 4.98 Å². The smallest absolute Gasteiger partial charge is 0.161 e. The number of hydrogen-bond acceptors (Lipinski definition) is 3. The molecule has 0 aliphatic carbocycles. The zero-order valence-electron chi connectivity index (χ0n) is 6.93. The Kier molecular flexibility index (Phi) is 4.02. The Bertz CT molecular complexity index is 446. The normalized spacial score (nSPS) is 9.80. The van der Waals surface area contributed by atoms with Crippen LogP contribution in [0.15, 0.2) is 0 Å². The zero-order valence-corrected chi connectivity index (χ0v) is 9.95. The van der Waals surface area contributed by atoms with Crippen LogP contribution in [0.4, 0.5) is 0 Å². The van der Waals surface area contributed by atoms with Gasteiger partial charge >= 0.3 is 0 Å². The summed E-state index contributed by atoms with van der Waals surface area (Å²) in [5, 5.41) is 17.2. The molecule has 0 unspecified atom stereocenters. The molecule has 0 fully saturated rings. The lowest BCUT2D eigenvalue weighted by molar-refractivity contribution is 1.09. The lowest BCUT2D eigenvalue weighted by atomic mass is 10.0. The van der Waals surface area contributed by atoms with Crippen LogP contribution >= 0.6 is 46.4 Å². The monoisotopic (exact) mass is 279 g/mol. The first-order valence-corrected chi connectivity index (χ1v) is 5.03. The second-order valence-electron chi connectivity index (χ2n) is 2.43. The molecule has 1 rings (SSSR count). The van der Waals surface area contributed by atoms with Gasteiger partial charge < -0.3 is 0 Å². The topological polar surface area (TPSA) is 60.5 Å². The first-order chi connectivity index (χ1) is 7.02. The molecule has 0 bridgehead atoms. The fraction of sp³-hybridized carbons (Fsp3) is 0.125. The number of nitriles is 2. The fourth-order valence-electron chi connectivity index (χ4n) is 0.914. The highest BCUT2D eigenvalue weighted by atomic mass is 35.5. The summed E-state index contributed by atoms with van der Waals surface area (Å²) in [5.74, 6) is -1.12. The Balaban J connectivity index is 3.55. The Morgan fingerprint density at radius 3 is 1.67 bits per heavy atom. The van der Waals surface area contributed by atoms with Crippen LogP contribution in [0.2, 0.25) is 20.4 Å². The van der Waals surface area contributed by atoms with E-state index in [1.165, 1.54) is 0 Å². The van der Waals surface area contributed by atoms with Gasteiger partial charge in [0.1, 0.15) is 10.3 Å². The molecule has 76 valence electrons. The predicted molar refractivity (Wildman–Crippen MR) is 58.2 cm³/mol. The van der Waals surface area contributed by atoms with Gasteiger partial charge in [0.2, 0.25) is 0 Å². The molecule has 1 aromatic heterocycles. The summed E-state index contributed by atoms with van der Waals surface area (Å²) < 4.78 is 0. The van der Waals surface area contributed by atoms with Gasteiger partial charge in [0, 0.05) is 5.56 Å². The highest BCUT2D eigenvalue weighted by Crippen LogP contribution is 2.38. The maximum absolute atomic E-state index is 8.71. The molecule has 1 aromatic rings. The molecule has 0 spiro atoms. The average molecular weight is 281 g/mol. The summed E-state index contributed by atoms with van der Waals surface area (Å²) >= 11 is 22.9. The zero-order chi connectivity index (χ0) is 11.6. The lowest BCUT2D eigenvalue weighted by Gasteiger charge is -2.08. The molecule has 0 amide bonds. The highest BCUT2D eigenvalue weighted by molar-refractivity contribution is 6.46. The minimum Gasteiger partial charge on any atom is -0.221 e. The first-order valence-electron chi connectivity index (χ1n) is 3.52. The van der Waals surface area contributed by atoms with Gasteiger partial charge in [0.05, 0.1) is 22.2 Å². The van der Waals surface area contributed by atoms with Crippen LogP contribution in [0.1, 0.15) is 11.5 Å². The molecule has 0 aliphatic heterocycles. The number of nitrogens with zero attached hydrogens (tertiary/aromatic N) is 3. The number of halogens is 4. The molecule has 1 heterocycles. The third-order valence-electron chi connectivity index (χ3n) is 1.58.